The molecule has 1 rings (SSSR count). The summed E-state index contributed by atoms with van der Waals surface area (Å²) in [6.45, 7) is 4.75. The summed E-state index contributed by atoms with van der Waals surface area (Å²) in [5.74, 6) is -0.491. The third-order valence-corrected chi connectivity index (χ3v) is 2.52. The SMILES string of the molecule is CC(C)CN(C)C(=O)Nc1cccc(CC(=O)O)c1. The van der Waals surface area contributed by atoms with Crippen LogP contribution >= 0.6 is 0 Å². The first-order valence-electron chi connectivity index (χ1n) is 6.21. The molecule has 0 aliphatic carbocycles. The molecule has 0 unspecified atom stereocenters. The Morgan fingerprint density at radius 3 is 2.63 bits per heavy atom. The lowest BCUT2D eigenvalue weighted by Crippen LogP contribution is -2.34. The summed E-state index contributed by atoms with van der Waals surface area (Å²) >= 11 is 0. The molecule has 2 amide bonds. The van der Waals surface area contributed by atoms with Crippen molar-refractivity contribution in [2.45, 2.75) is 20.3 Å². The third-order valence-electron chi connectivity index (χ3n) is 2.52. The van der Waals surface area contributed by atoms with Gasteiger partial charge in [0.25, 0.3) is 0 Å². The van der Waals surface area contributed by atoms with Gasteiger partial charge in [-0.3, -0.25) is 4.79 Å². The fraction of sp³-hybridized carbons (Fsp3) is 0.429. The van der Waals surface area contributed by atoms with Crippen LogP contribution in [-0.4, -0.2) is 35.6 Å². The second kappa shape index (κ2) is 6.78. The molecule has 104 valence electrons. The number of hydrogen-bond donors (Lipinski definition) is 2. The molecule has 19 heavy (non-hydrogen) atoms. The molecule has 2 N–H and O–H groups in total. The van der Waals surface area contributed by atoms with Crippen molar-refractivity contribution < 1.29 is 14.7 Å². The number of amides is 2. The summed E-state index contributed by atoms with van der Waals surface area (Å²) in [4.78, 5) is 24.1. The summed E-state index contributed by atoms with van der Waals surface area (Å²) in [7, 11) is 1.73. The molecule has 5 nitrogen and oxygen atoms in total. The van der Waals surface area contributed by atoms with Crippen LogP contribution in [0.1, 0.15) is 19.4 Å². The zero-order valence-electron chi connectivity index (χ0n) is 11.5. The highest BCUT2D eigenvalue weighted by Gasteiger charge is 2.10. The third kappa shape index (κ3) is 5.42. The van der Waals surface area contributed by atoms with Crippen LogP contribution in [-0.2, 0) is 11.2 Å². The van der Waals surface area contributed by atoms with E-state index >= 15 is 0 Å². The maximum absolute atomic E-state index is 11.9. The molecular weight excluding hydrogens is 244 g/mol. The number of hydrogen-bond acceptors (Lipinski definition) is 2. The minimum atomic E-state index is -0.889. The van der Waals surface area contributed by atoms with Crippen molar-refractivity contribution in [2.75, 3.05) is 18.9 Å². The molecule has 5 heteroatoms. The Bertz CT molecular complexity index is 458. The Balaban J connectivity index is 2.66. The standard InChI is InChI=1S/C14H20N2O3/c1-10(2)9-16(3)14(19)15-12-6-4-5-11(7-12)8-13(17)18/h4-7,10H,8-9H2,1-3H3,(H,15,19)(H,17,18). The Morgan fingerprint density at radius 2 is 2.05 bits per heavy atom. The number of carboxylic acids is 1. The lowest BCUT2D eigenvalue weighted by Gasteiger charge is -2.20. The highest BCUT2D eigenvalue weighted by atomic mass is 16.4. The Morgan fingerprint density at radius 1 is 1.37 bits per heavy atom. The smallest absolute Gasteiger partial charge is 0.321 e. The van der Waals surface area contributed by atoms with Crippen LogP contribution in [0.2, 0.25) is 0 Å². The monoisotopic (exact) mass is 264 g/mol. The van der Waals surface area contributed by atoms with E-state index in [1.807, 2.05) is 13.8 Å². The van der Waals surface area contributed by atoms with Crippen molar-refractivity contribution in [2.24, 2.45) is 5.92 Å². The van der Waals surface area contributed by atoms with Crippen LogP contribution in [0.5, 0.6) is 0 Å². The van der Waals surface area contributed by atoms with E-state index in [-0.39, 0.29) is 12.5 Å². The maximum atomic E-state index is 11.9. The van der Waals surface area contributed by atoms with E-state index < -0.39 is 5.97 Å². The first-order chi connectivity index (χ1) is 8.88. The Hall–Kier alpha value is -2.04. The van der Waals surface area contributed by atoms with Gasteiger partial charge in [-0.15, -0.1) is 0 Å². The van der Waals surface area contributed by atoms with Gasteiger partial charge in [-0.25, -0.2) is 4.79 Å². The summed E-state index contributed by atoms with van der Waals surface area (Å²) in [5.41, 5.74) is 1.27. The van der Waals surface area contributed by atoms with E-state index in [1.165, 1.54) is 0 Å². The number of aliphatic carboxylic acids is 1. The van der Waals surface area contributed by atoms with Crippen molar-refractivity contribution in [1.29, 1.82) is 0 Å². The second-order valence-corrected chi connectivity index (χ2v) is 4.98. The highest BCUT2D eigenvalue weighted by molar-refractivity contribution is 5.89. The lowest BCUT2D eigenvalue weighted by atomic mass is 10.1. The molecule has 0 radical (unpaired) electrons. The molecule has 0 saturated carbocycles. The van der Waals surface area contributed by atoms with Crippen molar-refractivity contribution >= 4 is 17.7 Å². The van der Waals surface area contributed by atoms with Gasteiger partial charge in [0.2, 0.25) is 0 Å². The molecule has 0 spiro atoms. The van der Waals surface area contributed by atoms with Gasteiger partial charge in [-0.1, -0.05) is 26.0 Å². The zero-order chi connectivity index (χ0) is 14.4. The van der Waals surface area contributed by atoms with Gasteiger partial charge in [0.1, 0.15) is 0 Å². The van der Waals surface area contributed by atoms with Crippen LogP contribution in [0.4, 0.5) is 10.5 Å². The molecule has 1 aromatic carbocycles. The number of benzene rings is 1. The van der Waals surface area contributed by atoms with E-state index in [1.54, 1.807) is 36.2 Å². The van der Waals surface area contributed by atoms with Gasteiger partial charge < -0.3 is 15.3 Å². The first-order valence-corrected chi connectivity index (χ1v) is 6.21. The Labute approximate surface area is 113 Å². The van der Waals surface area contributed by atoms with E-state index in [4.69, 9.17) is 5.11 Å². The number of nitrogens with zero attached hydrogens (tertiary/aromatic N) is 1. The van der Waals surface area contributed by atoms with E-state index in [9.17, 15) is 9.59 Å². The minimum absolute atomic E-state index is 0.0501. The number of urea groups is 1. The molecule has 0 fully saturated rings. The zero-order valence-corrected chi connectivity index (χ0v) is 11.5. The normalized spacial score (nSPS) is 10.3. The summed E-state index contributed by atoms with van der Waals surface area (Å²) in [6.07, 6.45) is -0.0501. The van der Waals surface area contributed by atoms with Crippen molar-refractivity contribution in [1.82, 2.24) is 4.90 Å². The predicted molar refractivity (Wildman–Crippen MR) is 74.3 cm³/mol. The predicted octanol–water partition coefficient (Wildman–Crippen LogP) is 2.43. The van der Waals surface area contributed by atoms with Crippen LogP contribution in [0.15, 0.2) is 24.3 Å². The fourth-order valence-electron chi connectivity index (χ4n) is 1.78. The lowest BCUT2D eigenvalue weighted by molar-refractivity contribution is -0.136. The van der Waals surface area contributed by atoms with E-state index in [0.717, 1.165) is 0 Å². The average Bonchev–Trinajstić information content (AvgIpc) is 2.27. The van der Waals surface area contributed by atoms with Crippen LogP contribution in [0.25, 0.3) is 0 Å². The van der Waals surface area contributed by atoms with Crippen LogP contribution in [0, 0.1) is 5.92 Å². The van der Waals surface area contributed by atoms with Crippen molar-refractivity contribution in [3.63, 3.8) is 0 Å². The van der Waals surface area contributed by atoms with E-state index in [2.05, 4.69) is 5.32 Å². The molecule has 0 aromatic heterocycles. The van der Waals surface area contributed by atoms with Crippen molar-refractivity contribution in [3.05, 3.63) is 29.8 Å². The molecule has 0 atom stereocenters. The van der Waals surface area contributed by atoms with Gasteiger partial charge in [-0.2, -0.15) is 0 Å². The minimum Gasteiger partial charge on any atom is -0.481 e. The molecule has 0 saturated heterocycles. The first kappa shape index (κ1) is 15.0. The number of carboxylic acid groups (broad SMARTS) is 1. The van der Waals surface area contributed by atoms with Crippen LogP contribution < -0.4 is 5.32 Å². The molecule has 0 aliphatic heterocycles. The number of carbonyl (C=O) groups is 2. The summed E-state index contributed by atoms with van der Waals surface area (Å²) < 4.78 is 0. The van der Waals surface area contributed by atoms with Gasteiger partial charge in [0.05, 0.1) is 6.42 Å². The summed E-state index contributed by atoms with van der Waals surface area (Å²) in [5, 5.41) is 11.5. The Kier molecular flexibility index (Phi) is 5.36. The van der Waals surface area contributed by atoms with Crippen molar-refractivity contribution in [3.8, 4) is 0 Å². The fourth-order valence-corrected chi connectivity index (χ4v) is 1.78. The molecular formula is C14H20N2O3. The number of anilines is 1. The maximum Gasteiger partial charge on any atom is 0.321 e. The molecule has 0 bridgehead atoms. The molecule has 0 aliphatic rings. The van der Waals surface area contributed by atoms with Gasteiger partial charge in [0, 0.05) is 19.3 Å². The van der Waals surface area contributed by atoms with E-state index in [0.29, 0.717) is 23.7 Å². The largest absolute Gasteiger partial charge is 0.481 e. The van der Waals surface area contributed by atoms with Gasteiger partial charge >= 0.3 is 12.0 Å². The number of rotatable bonds is 5. The summed E-state index contributed by atoms with van der Waals surface area (Å²) in [6, 6.07) is 6.68. The van der Waals surface area contributed by atoms with Gasteiger partial charge in [0.15, 0.2) is 0 Å². The average molecular weight is 264 g/mol. The van der Waals surface area contributed by atoms with Gasteiger partial charge in [-0.05, 0) is 23.6 Å². The second-order valence-electron chi connectivity index (χ2n) is 4.98. The number of nitrogens with one attached hydrogen (secondary N) is 1. The topological polar surface area (TPSA) is 69.6 Å². The molecule has 1 aromatic rings. The molecule has 0 heterocycles. The quantitative estimate of drug-likeness (QED) is 0.858. The highest BCUT2D eigenvalue weighted by Crippen LogP contribution is 2.12. The number of carbonyl (C=O) groups excluding carboxylic acids is 1. The van der Waals surface area contributed by atoms with Crippen LogP contribution in [0.3, 0.4) is 0 Å².